The van der Waals surface area contributed by atoms with Gasteiger partial charge in [0.25, 0.3) is 0 Å². The summed E-state index contributed by atoms with van der Waals surface area (Å²) in [6.45, 7) is 0. The molecule has 5 nitrogen and oxygen atoms in total. The van der Waals surface area contributed by atoms with Crippen molar-refractivity contribution < 1.29 is 27.8 Å². The molecule has 0 amide bonds. The van der Waals surface area contributed by atoms with E-state index in [9.17, 15) is 18.4 Å². The zero-order valence-electron chi connectivity index (χ0n) is 12.7. The van der Waals surface area contributed by atoms with Crippen LogP contribution in [-0.2, 0) is 19.1 Å². The van der Waals surface area contributed by atoms with Crippen LogP contribution < -0.4 is 4.90 Å². The molecule has 0 N–H and O–H groups in total. The van der Waals surface area contributed by atoms with Gasteiger partial charge in [-0.15, -0.1) is 0 Å². The molecule has 0 bridgehead atoms. The first kappa shape index (κ1) is 17.7. The van der Waals surface area contributed by atoms with E-state index in [1.165, 1.54) is 24.4 Å². The Morgan fingerprint density at radius 3 is 2.17 bits per heavy atom. The first-order valence-corrected chi connectivity index (χ1v) is 6.98. The molecule has 0 unspecified atom stereocenters. The number of carbonyl (C=O) groups is 2. The monoisotopic (exact) mass is 355 g/mol. The summed E-state index contributed by atoms with van der Waals surface area (Å²) in [5, 5.41) is -0.150. The second-order valence-corrected chi connectivity index (χ2v) is 4.97. The molecule has 1 aromatic carbocycles. The Labute approximate surface area is 141 Å². The number of rotatable bonds is 3. The Morgan fingerprint density at radius 1 is 1.04 bits per heavy atom. The van der Waals surface area contributed by atoms with E-state index < -0.39 is 35.0 Å². The van der Waals surface area contributed by atoms with Crippen LogP contribution in [0.1, 0.15) is 0 Å². The minimum atomic E-state index is -1.02. The first-order valence-electron chi connectivity index (χ1n) is 6.60. The smallest absolute Gasteiger partial charge is 0.355 e. The van der Waals surface area contributed by atoms with E-state index in [1.807, 2.05) is 0 Å². The van der Waals surface area contributed by atoms with Gasteiger partial charge in [-0.1, -0.05) is 17.7 Å². The minimum Gasteiger partial charge on any atom is -0.465 e. The normalized spacial score (nSPS) is 13.8. The highest BCUT2D eigenvalue weighted by molar-refractivity contribution is 6.30. The number of methoxy groups -OCH3 is 2. The van der Waals surface area contributed by atoms with Gasteiger partial charge in [-0.05, 0) is 24.3 Å². The second kappa shape index (κ2) is 7.27. The molecule has 0 fully saturated rings. The summed E-state index contributed by atoms with van der Waals surface area (Å²) in [4.78, 5) is 25.0. The van der Waals surface area contributed by atoms with Gasteiger partial charge in [0.1, 0.15) is 11.4 Å². The van der Waals surface area contributed by atoms with Crippen LogP contribution in [0.15, 0.2) is 47.8 Å². The van der Waals surface area contributed by atoms with E-state index in [2.05, 4.69) is 9.47 Å². The molecule has 0 atom stereocenters. The third-order valence-corrected chi connectivity index (χ3v) is 3.33. The van der Waals surface area contributed by atoms with Gasteiger partial charge in [-0.3, -0.25) is 0 Å². The molecule has 0 spiro atoms. The highest BCUT2D eigenvalue weighted by atomic mass is 35.5. The Morgan fingerprint density at radius 2 is 1.62 bits per heavy atom. The van der Waals surface area contributed by atoms with Crippen LogP contribution >= 0.6 is 11.6 Å². The zero-order chi connectivity index (χ0) is 17.9. The average molecular weight is 356 g/mol. The van der Waals surface area contributed by atoms with E-state index in [4.69, 9.17) is 11.6 Å². The van der Waals surface area contributed by atoms with Gasteiger partial charge in [0.05, 0.1) is 19.8 Å². The van der Waals surface area contributed by atoms with Crippen LogP contribution in [0.2, 0.25) is 5.02 Å². The summed E-state index contributed by atoms with van der Waals surface area (Å²) in [5.41, 5.74) is -1.20. The summed E-state index contributed by atoms with van der Waals surface area (Å²) in [6.07, 6.45) is 5.31. The van der Waals surface area contributed by atoms with Crippen molar-refractivity contribution in [2.75, 3.05) is 19.1 Å². The standard InChI is InChI=1S/C16H12ClF2NO4/c1-23-15(21)10-5-3-4-6-20(13(10)16(22)24-2)14-11(18)7-9(17)8-12(14)19/h3-8H,1-2H3. The summed E-state index contributed by atoms with van der Waals surface area (Å²) in [5.74, 6) is -3.87. The van der Waals surface area contributed by atoms with Crippen LogP contribution in [0.5, 0.6) is 0 Å². The maximum absolute atomic E-state index is 14.3. The topological polar surface area (TPSA) is 55.8 Å². The number of carbonyl (C=O) groups excluding carboxylic acids is 2. The lowest BCUT2D eigenvalue weighted by atomic mass is 10.1. The largest absolute Gasteiger partial charge is 0.465 e. The molecule has 0 radical (unpaired) electrons. The highest BCUT2D eigenvalue weighted by Crippen LogP contribution is 2.32. The van der Waals surface area contributed by atoms with Crippen LogP contribution in [0.3, 0.4) is 0 Å². The lowest BCUT2D eigenvalue weighted by molar-refractivity contribution is -0.139. The number of hydrogen-bond donors (Lipinski definition) is 0. The van der Waals surface area contributed by atoms with Gasteiger partial charge in [0.2, 0.25) is 0 Å². The second-order valence-electron chi connectivity index (χ2n) is 4.53. The lowest BCUT2D eigenvalue weighted by Gasteiger charge is -2.24. The molecule has 24 heavy (non-hydrogen) atoms. The zero-order valence-corrected chi connectivity index (χ0v) is 13.4. The molecule has 1 aliphatic heterocycles. The summed E-state index contributed by atoms with van der Waals surface area (Å²) < 4.78 is 37.8. The van der Waals surface area contributed by atoms with Crippen molar-refractivity contribution in [3.63, 3.8) is 0 Å². The fraction of sp³-hybridized carbons (Fsp3) is 0.125. The highest BCUT2D eigenvalue weighted by Gasteiger charge is 2.30. The Hall–Kier alpha value is -2.67. The molecule has 0 saturated heterocycles. The lowest BCUT2D eigenvalue weighted by Crippen LogP contribution is -2.28. The van der Waals surface area contributed by atoms with E-state index in [1.54, 1.807) is 0 Å². The molecule has 2 rings (SSSR count). The number of benzene rings is 1. The quantitative estimate of drug-likeness (QED) is 0.780. The number of anilines is 1. The van der Waals surface area contributed by atoms with Crippen molar-refractivity contribution in [2.24, 2.45) is 0 Å². The molecule has 0 saturated carbocycles. The molecule has 0 aliphatic carbocycles. The van der Waals surface area contributed by atoms with Gasteiger partial charge in [0, 0.05) is 11.2 Å². The average Bonchev–Trinajstić information content (AvgIpc) is 2.75. The number of esters is 2. The summed E-state index contributed by atoms with van der Waals surface area (Å²) in [6, 6.07) is 1.78. The molecular weight excluding hydrogens is 344 g/mol. The number of nitrogens with zero attached hydrogens (tertiary/aromatic N) is 1. The SMILES string of the molecule is COC(=O)C1=C(C(=O)OC)N(c2c(F)cc(Cl)cc2F)C=CC=C1. The Balaban J connectivity index is 2.75. The molecular formula is C16H12ClF2NO4. The fourth-order valence-electron chi connectivity index (χ4n) is 2.10. The van der Waals surface area contributed by atoms with Crippen molar-refractivity contribution in [3.8, 4) is 0 Å². The maximum atomic E-state index is 14.3. The van der Waals surface area contributed by atoms with Gasteiger partial charge in [-0.2, -0.15) is 0 Å². The van der Waals surface area contributed by atoms with Gasteiger partial charge in [0.15, 0.2) is 11.6 Å². The van der Waals surface area contributed by atoms with E-state index in [0.717, 1.165) is 31.3 Å². The van der Waals surface area contributed by atoms with Crippen molar-refractivity contribution in [2.45, 2.75) is 0 Å². The molecule has 0 aromatic heterocycles. The summed E-state index contributed by atoms with van der Waals surface area (Å²) in [7, 11) is 2.19. The fourth-order valence-corrected chi connectivity index (χ4v) is 2.29. The van der Waals surface area contributed by atoms with Crippen molar-refractivity contribution in [1.29, 1.82) is 0 Å². The van der Waals surface area contributed by atoms with Crippen LogP contribution in [0.4, 0.5) is 14.5 Å². The number of halogens is 3. The van der Waals surface area contributed by atoms with E-state index in [-0.39, 0.29) is 10.6 Å². The molecule has 8 heteroatoms. The maximum Gasteiger partial charge on any atom is 0.355 e. The Bertz CT molecular complexity index is 763. The number of hydrogen-bond acceptors (Lipinski definition) is 5. The summed E-state index contributed by atoms with van der Waals surface area (Å²) >= 11 is 5.61. The third kappa shape index (κ3) is 3.30. The van der Waals surface area contributed by atoms with Crippen molar-refractivity contribution in [3.05, 3.63) is 64.5 Å². The van der Waals surface area contributed by atoms with Gasteiger partial charge >= 0.3 is 11.9 Å². The van der Waals surface area contributed by atoms with Crippen molar-refractivity contribution in [1.82, 2.24) is 0 Å². The van der Waals surface area contributed by atoms with Gasteiger partial charge < -0.3 is 14.4 Å². The molecule has 126 valence electrons. The van der Waals surface area contributed by atoms with Crippen molar-refractivity contribution >= 4 is 29.2 Å². The van der Waals surface area contributed by atoms with Crippen LogP contribution in [0.25, 0.3) is 0 Å². The number of allylic oxidation sites excluding steroid dienone is 2. The number of ether oxygens (including phenoxy) is 2. The molecule has 1 aromatic rings. The van der Waals surface area contributed by atoms with Gasteiger partial charge in [-0.25, -0.2) is 18.4 Å². The third-order valence-electron chi connectivity index (χ3n) is 3.11. The molecule has 1 aliphatic rings. The van der Waals surface area contributed by atoms with Crippen LogP contribution in [0, 0.1) is 11.6 Å². The first-order chi connectivity index (χ1) is 11.4. The van der Waals surface area contributed by atoms with E-state index in [0.29, 0.717) is 0 Å². The predicted octanol–water partition coefficient (Wildman–Crippen LogP) is 3.11. The van der Waals surface area contributed by atoms with Crippen LogP contribution in [-0.4, -0.2) is 26.2 Å². The molecule has 1 heterocycles. The van der Waals surface area contributed by atoms with E-state index >= 15 is 0 Å². The predicted molar refractivity (Wildman–Crippen MR) is 83.2 cm³/mol. The Kier molecular flexibility index (Phi) is 5.35. The minimum absolute atomic E-state index is 0.150.